The molecule has 1 N–H and O–H groups in total. The van der Waals surface area contributed by atoms with Gasteiger partial charge in [0, 0.05) is 15.7 Å². The highest BCUT2D eigenvalue weighted by atomic mass is 35.5. The molecule has 0 radical (unpaired) electrons. The Morgan fingerprint density at radius 1 is 0.833 bits per heavy atom. The van der Waals surface area contributed by atoms with Crippen molar-refractivity contribution in [3.05, 3.63) is 63.8 Å². The molecule has 0 aliphatic carbocycles. The highest BCUT2D eigenvalue weighted by molar-refractivity contribution is 6.34. The Kier molecular flexibility index (Phi) is 5.66. The SMILES string of the molecule is N#CC(C#N)=C(C#N)Nc1ccc(Oc2cc(Cl)cc(Cl)c2)cc1. The van der Waals surface area contributed by atoms with Crippen LogP contribution in [0.25, 0.3) is 0 Å². The molecule has 2 aromatic carbocycles. The van der Waals surface area contributed by atoms with Crippen molar-refractivity contribution in [2.75, 3.05) is 5.32 Å². The van der Waals surface area contributed by atoms with Crippen LogP contribution in [0.1, 0.15) is 0 Å². The van der Waals surface area contributed by atoms with Crippen molar-refractivity contribution in [3.8, 4) is 29.7 Å². The van der Waals surface area contributed by atoms with E-state index < -0.39 is 0 Å². The standard InChI is InChI=1S/C17H8Cl2N4O/c18-12-5-13(19)7-16(6-12)24-15-3-1-14(2-4-15)23-17(10-22)11(8-20)9-21/h1-7,23H. The lowest BCUT2D eigenvalue weighted by Crippen LogP contribution is -2.00. The Bertz CT molecular complexity index is 879. The number of benzene rings is 2. The number of hydrogen-bond donors (Lipinski definition) is 1. The number of rotatable bonds is 4. The van der Waals surface area contributed by atoms with Crippen molar-refractivity contribution < 1.29 is 4.74 Å². The number of hydrogen-bond acceptors (Lipinski definition) is 5. The van der Waals surface area contributed by atoms with Gasteiger partial charge in [-0.1, -0.05) is 23.2 Å². The van der Waals surface area contributed by atoms with E-state index in [-0.39, 0.29) is 11.3 Å². The summed E-state index contributed by atoms with van der Waals surface area (Å²) >= 11 is 11.8. The summed E-state index contributed by atoms with van der Waals surface area (Å²) in [5.41, 5.74) is 0.132. The molecule has 0 aromatic heterocycles. The molecule has 2 rings (SSSR count). The van der Waals surface area contributed by atoms with Gasteiger partial charge in [-0.3, -0.25) is 0 Å². The number of halogens is 2. The Labute approximate surface area is 148 Å². The molecule has 24 heavy (non-hydrogen) atoms. The normalized spacial score (nSPS) is 9.12. The van der Waals surface area contributed by atoms with Crippen LogP contribution in [0.3, 0.4) is 0 Å². The maximum absolute atomic E-state index is 9.00. The van der Waals surface area contributed by atoms with E-state index in [0.29, 0.717) is 27.2 Å². The van der Waals surface area contributed by atoms with Crippen molar-refractivity contribution in [1.82, 2.24) is 0 Å². The van der Waals surface area contributed by atoms with E-state index in [0.717, 1.165) is 0 Å². The van der Waals surface area contributed by atoms with Gasteiger partial charge in [-0.25, -0.2) is 0 Å². The zero-order valence-corrected chi connectivity index (χ0v) is 13.6. The second-order valence-corrected chi connectivity index (χ2v) is 5.31. The van der Waals surface area contributed by atoms with E-state index in [9.17, 15) is 0 Å². The van der Waals surface area contributed by atoms with Crippen LogP contribution < -0.4 is 10.1 Å². The third kappa shape index (κ3) is 4.41. The summed E-state index contributed by atoms with van der Waals surface area (Å²) in [6.07, 6.45) is 0. The summed E-state index contributed by atoms with van der Waals surface area (Å²) in [6, 6.07) is 16.6. The fraction of sp³-hybridized carbons (Fsp3) is 0. The lowest BCUT2D eigenvalue weighted by atomic mass is 10.2. The van der Waals surface area contributed by atoms with Gasteiger partial charge in [-0.05, 0) is 42.5 Å². The number of nitrogens with zero attached hydrogens (tertiary/aromatic N) is 3. The number of allylic oxidation sites excluding steroid dienone is 2. The molecule has 2 aromatic rings. The number of nitriles is 3. The minimum atomic E-state index is -0.286. The van der Waals surface area contributed by atoms with Gasteiger partial charge in [0.25, 0.3) is 0 Å². The van der Waals surface area contributed by atoms with E-state index >= 15 is 0 Å². The largest absolute Gasteiger partial charge is 0.457 e. The van der Waals surface area contributed by atoms with Crippen molar-refractivity contribution >= 4 is 28.9 Å². The number of ether oxygens (including phenoxy) is 1. The quantitative estimate of drug-likeness (QED) is 0.777. The van der Waals surface area contributed by atoms with Crippen LogP contribution >= 0.6 is 23.2 Å². The second kappa shape index (κ2) is 7.90. The van der Waals surface area contributed by atoms with Gasteiger partial charge in [-0.2, -0.15) is 15.8 Å². The molecule has 0 bridgehead atoms. The average Bonchev–Trinajstić information content (AvgIpc) is 2.55. The van der Waals surface area contributed by atoms with Crippen LogP contribution in [0.4, 0.5) is 5.69 Å². The molecule has 0 atom stereocenters. The number of anilines is 1. The summed E-state index contributed by atoms with van der Waals surface area (Å²) in [5.74, 6) is 1.02. The Morgan fingerprint density at radius 2 is 1.42 bits per heavy atom. The summed E-state index contributed by atoms with van der Waals surface area (Å²) in [4.78, 5) is 0. The van der Waals surface area contributed by atoms with Crippen molar-refractivity contribution in [3.63, 3.8) is 0 Å². The fourth-order valence-electron chi connectivity index (χ4n) is 1.76. The van der Waals surface area contributed by atoms with Gasteiger partial charge < -0.3 is 10.1 Å². The van der Waals surface area contributed by atoms with E-state index in [1.165, 1.54) is 0 Å². The van der Waals surface area contributed by atoms with Crippen molar-refractivity contribution in [2.24, 2.45) is 0 Å². The first-order valence-corrected chi connectivity index (χ1v) is 7.27. The minimum absolute atomic E-state index is 0.115. The molecule has 0 spiro atoms. The lowest BCUT2D eigenvalue weighted by molar-refractivity contribution is 0.483. The monoisotopic (exact) mass is 354 g/mol. The van der Waals surface area contributed by atoms with Crippen LogP contribution in [0.2, 0.25) is 10.0 Å². The summed E-state index contributed by atoms with van der Waals surface area (Å²) in [5, 5.41) is 30.2. The zero-order chi connectivity index (χ0) is 17.5. The molecule has 0 amide bonds. The van der Waals surface area contributed by atoms with Crippen molar-refractivity contribution in [1.29, 1.82) is 15.8 Å². The third-order valence-electron chi connectivity index (χ3n) is 2.78. The van der Waals surface area contributed by atoms with Crippen LogP contribution in [0.5, 0.6) is 11.5 Å². The first kappa shape index (κ1) is 17.2. The van der Waals surface area contributed by atoms with Crippen LogP contribution in [-0.2, 0) is 0 Å². The molecule has 7 heteroatoms. The van der Waals surface area contributed by atoms with Crippen molar-refractivity contribution in [2.45, 2.75) is 0 Å². The maximum atomic E-state index is 9.00. The molecule has 0 heterocycles. The van der Waals surface area contributed by atoms with Gasteiger partial charge in [0.15, 0.2) is 5.57 Å². The van der Waals surface area contributed by atoms with Gasteiger partial charge in [-0.15, -0.1) is 0 Å². The Balaban J connectivity index is 2.17. The van der Waals surface area contributed by atoms with Gasteiger partial charge in [0.05, 0.1) is 0 Å². The Morgan fingerprint density at radius 3 is 1.92 bits per heavy atom. The molecule has 0 fully saturated rings. The fourth-order valence-corrected chi connectivity index (χ4v) is 2.26. The molecule has 0 aliphatic rings. The van der Waals surface area contributed by atoms with Gasteiger partial charge in [0.1, 0.15) is 35.4 Å². The minimum Gasteiger partial charge on any atom is -0.457 e. The lowest BCUT2D eigenvalue weighted by Gasteiger charge is -2.09. The molecule has 0 saturated carbocycles. The number of nitrogens with one attached hydrogen (secondary N) is 1. The van der Waals surface area contributed by atoms with Gasteiger partial charge in [0.2, 0.25) is 0 Å². The Hall–Kier alpha value is -3.17. The second-order valence-electron chi connectivity index (χ2n) is 4.44. The van der Waals surface area contributed by atoms with Crippen LogP contribution in [0.15, 0.2) is 53.7 Å². The molecular formula is C17H8Cl2N4O. The average molecular weight is 355 g/mol. The van der Waals surface area contributed by atoms with Crippen LogP contribution in [-0.4, -0.2) is 0 Å². The molecule has 5 nitrogen and oxygen atoms in total. The molecule has 0 unspecified atom stereocenters. The molecule has 0 saturated heterocycles. The maximum Gasteiger partial charge on any atom is 0.163 e. The van der Waals surface area contributed by atoms with E-state index in [4.69, 9.17) is 43.7 Å². The first-order chi connectivity index (χ1) is 11.5. The topological polar surface area (TPSA) is 92.6 Å². The summed E-state index contributed by atoms with van der Waals surface area (Å²) in [6.45, 7) is 0. The smallest absolute Gasteiger partial charge is 0.163 e. The molecular weight excluding hydrogens is 347 g/mol. The highest BCUT2D eigenvalue weighted by Crippen LogP contribution is 2.29. The highest BCUT2D eigenvalue weighted by Gasteiger charge is 2.06. The van der Waals surface area contributed by atoms with E-state index in [1.807, 2.05) is 0 Å². The molecule has 0 aliphatic heterocycles. The predicted octanol–water partition coefficient (Wildman–Crippen LogP) is 5.02. The van der Waals surface area contributed by atoms with Gasteiger partial charge >= 0.3 is 0 Å². The predicted molar refractivity (Wildman–Crippen MR) is 90.5 cm³/mol. The first-order valence-electron chi connectivity index (χ1n) is 6.51. The molecule has 116 valence electrons. The van der Waals surface area contributed by atoms with E-state index in [2.05, 4.69) is 5.32 Å². The third-order valence-corrected chi connectivity index (χ3v) is 3.22. The zero-order valence-electron chi connectivity index (χ0n) is 12.0. The van der Waals surface area contributed by atoms with Crippen LogP contribution in [0, 0.1) is 34.0 Å². The van der Waals surface area contributed by atoms with E-state index in [1.54, 1.807) is 60.7 Å². The summed E-state index contributed by atoms with van der Waals surface area (Å²) < 4.78 is 5.64. The summed E-state index contributed by atoms with van der Waals surface area (Å²) in [7, 11) is 0.